The van der Waals surface area contributed by atoms with Gasteiger partial charge in [0.25, 0.3) is 5.91 Å². The number of methoxy groups -OCH3 is 1. The molecule has 1 aliphatic heterocycles. The Labute approximate surface area is 158 Å². The second-order valence-electron chi connectivity index (χ2n) is 6.53. The third-order valence-corrected chi connectivity index (χ3v) is 4.64. The number of rotatable bonds is 3. The molecule has 7 nitrogen and oxygen atoms in total. The molecule has 2 heterocycles. The number of aromatic nitrogens is 1. The summed E-state index contributed by atoms with van der Waals surface area (Å²) < 4.78 is 5.18. The summed E-state index contributed by atoms with van der Waals surface area (Å²) in [5.74, 6) is 0.605. The summed E-state index contributed by atoms with van der Waals surface area (Å²) in [5.41, 5.74) is 3.00. The van der Waals surface area contributed by atoms with E-state index >= 15 is 0 Å². The lowest BCUT2D eigenvalue weighted by atomic mass is 10.1. The number of amides is 3. The number of piperazine rings is 1. The fourth-order valence-electron chi connectivity index (χ4n) is 3.06. The predicted molar refractivity (Wildman–Crippen MR) is 103 cm³/mol. The van der Waals surface area contributed by atoms with Crippen LogP contribution < -0.4 is 10.1 Å². The van der Waals surface area contributed by atoms with Crippen molar-refractivity contribution in [3.05, 3.63) is 53.3 Å². The van der Waals surface area contributed by atoms with E-state index in [1.165, 1.54) is 0 Å². The van der Waals surface area contributed by atoms with Gasteiger partial charge in [-0.15, -0.1) is 0 Å². The number of pyridine rings is 1. The summed E-state index contributed by atoms with van der Waals surface area (Å²) in [7, 11) is 1.58. The van der Waals surface area contributed by atoms with Crippen molar-refractivity contribution in [1.29, 1.82) is 0 Å². The topological polar surface area (TPSA) is 74.8 Å². The van der Waals surface area contributed by atoms with E-state index in [1.54, 1.807) is 41.2 Å². The minimum absolute atomic E-state index is 0.0486. The fraction of sp³-hybridized carbons (Fsp3) is 0.350. The second kappa shape index (κ2) is 8.07. The molecular weight excluding hydrogens is 344 g/mol. The first-order valence-corrected chi connectivity index (χ1v) is 8.91. The summed E-state index contributed by atoms with van der Waals surface area (Å²) in [6.07, 6.45) is 0. The van der Waals surface area contributed by atoms with Crippen molar-refractivity contribution in [2.24, 2.45) is 0 Å². The molecule has 27 heavy (non-hydrogen) atoms. The highest BCUT2D eigenvalue weighted by Gasteiger charge is 2.25. The lowest BCUT2D eigenvalue weighted by Crippen LogP contribution is -2.51. The molecular formula is C20H24N4O3. The lowest BCUT2D eigenvalue weighted by molar-refractivity contribution is 0.0671. The first kappa shape index (κ1) is 18.7. The van der Waals surface area contributed by atoms with E-state index in [4.69, 9.17) is 4.74 Å². The smallest absolute Gasteiger partial charge is 0.322 e. The molecule has 7 heteroatoms. The Balaban J connectivity index is 1.57. The number of hydrogen-bond acceptors (Lipinski definition) is 4. The molecule has 3 amide bonds. The highest BCUT2D eigenvalue weighted by Crippen LogP contribution is 2.17. The largest absolute Gasteiger partial charge is 0.497 e. The van der Waals surface area contributed by atoms with Crippen LogP contribution in [0.4, 0.5) is 10.5 Å². The van der Waals surface area contributed by atoms with Crippen LogP contribution in [-0.2, 0) is 0 Å². The van der Waals surface area contributed by atoms with Crippen LogP contribution in [0.5, 0.6) is 5.75 Å². The van der Waals surface area contributed by atoms with Gasteiger partial charge in [0, 0.05) is 37.4 Å². The average Bonchev–Trinajstić information content (AvgIpc) is 2.69. The van der Waals surface area contributed by atoms with Crippen LogP contribution in [0.1, 0.15) is 21.7 Å². The summed E-state index contributed by atoms with van der Waals surface area (Å²) in [4.78, 5) is 33.0. The third kappa shape index (κ3) is 4.36. The van der Waals surface area contributed by atoms with Crippen LogP contribution in [0.3, 0.4) is 0 Å². The van der Waals surface area contributed by atoms with Gasteiger partial charge in [0.05, 0.1) is 18.5 Å². The van der Waals surface area contributed by atoms with Gasteiger partial charge in [0.15, 0.2) is 0 Å². The van der Waals surface area contributed by atoms with Crippen molar-refractivity contribution in [2.75, 3.05) is 38.6 Å². The maximum absolute atomic E-state index is 12.7. The maximum Gasteiger partial charge on any atom is 0.322 e. The van der Waals surface area contributed by atoms with Gasteiger partial charge < -0.3 is 19.9 Å². The zero-order valence-electron chi connectivity index (χ0n) is 15.9. The zero-order valence-corrected chi connectivity index (χ0v) is 15.9. The molecule has 0 unspecified atom stereocenters. The molecule has 1 saturated heterocycles. The van der Waals surface area contributed by atoms with Crippen LogP contribution in [0, 0.1) is 13.8 Å². The van der Waals surface area contributed by atoms with E-state index in [9.17, 15) is 9.59 Å². The van der Waals surface area contributed by atoms with Gasteiger partial charge in [-0.3, -0.25) is 9.78 Å². The summed E-state index contributed by atoms with van der Waals surface area (Å²) in [6, 6.07) is 10.7. The Morgan fingerprint density at radius 2 is 1.74 bits per heavy atom. The normalized spacial score (nSPS) is 14.0. The van der Waals surface area contributed by atoms with Gasteiger partial charge in [-0.1, -0.05) is 6.07 Å². The molecule has 0 bridgehead atoms. The predicted octanol–water partition coefficient (Wildman–Crippen LogP) is 2.70. The maximum atomic E-state index is 12.7. The molecule has 1 aliphatic rings. The first-order valence-electron chi connectivity index (χ1n) is 8.91. The van der Waals surface area contributed by atoms with E-state index in [1.807, 2.05) is 26.0 Å². The summed E-state index contributed by atoms with van der Waals surface area (Å²) in [6.45, 7) is 5.74. The minimum atomic E-state index is -0.169. The van der Waals surface area contributed by atoms with Crippen molar-refractivity contribution in [2.45, 2.75) is 13.8 Å². The number of nitrogens with one attached hydrogen (secondary N) is 1. The van der Waals surface area contributed by atoms with Gasteiger partial charge in [-0.25, -0.2) is 4.79 Å². The molecule has 0 aliphatic carbocycles. The van der Waals surface area contributed by atoms with Crippen LogP contribution in [0.15, 0.2) is 36.4 Å². The van der Waals surface area contributed by atoms with Gasteiger partial charge in [0.1, 0.15) is 5.75 Å². The van der Waals surface area contributed by atoms with Gasteiger partial charge >= 0.3 is 6.03 Å². The van der Waals surface area contributed by atoms with Crippen molar-refractivity contribution in [1.82, 2.24) is 14.8 Å². The molecule has 1 aromatic carbocycles. The SMILES string of the molecule is COc1cccc(C(=O)N2CCN(C(=O)Nc3ccc(C)nc3C)CC2)c1. The number of hydrogen-bond donors (Lipinski definition) is 1. The van der Waals surface area contributed by atoms with E-state index < -0.39 is 0 Å². The van der Waals surface area contributed by atoms with Gasteiger partial charge in [-0.05, 0) is 44.2 Å². The van der Waals surface area contributed by atoms with E-state index in [0.717, 1.165) is 11.4 Å². The molecule has 0 spiro atoms. The molecule has 0 atom stereocenters. The van der Waals surface area contributed by atoms with E-state index in [2.05, 4.69) is 10.3 Å². The highest BCUT2D eigenvalue weighted by atomic mass is 16.5. The number of carbonyl (C=O) groups is 2. The molecule has 2 aromatic rings. The first-order chi connectivity index (χ1) is 13.0. The lowest BCUT2D eigenvalue weighted by Gasteiger charge is -2.34. The number of benzene rings is 1. The summed E-state index contributed by atoms with van der Waals surface area (Å²) >= 11 is 0. The summed E-state index contributed by atoms with van der Waals surface area (Å²) in [5, 5.41) is 2.90. The molecule has 1 N–H and O–H groups in total. The molecule has 1 aromatic heterocycles. The Morgan fingerprint density at radius 1 is 1.04 bits per heavy atom. The number of carbonyl (C=O) groups excluding carboxylic acids is 2. The van der Waals surface area contributed by atoms with Gasteiger partial charge in [-0.2, -0.15) is 0 Å². The number of ether oxygens (including phenoxy) is 1. The van der Waals surface area contributed by atoms with E-state index in [-0.39, 0.29) is 11.9 Å². The molecule has 0 radical (unpaired) electrons. The van der Waals surface area contributed by atoms with Crippen LogP contribution in [0.2, 0.25) is 0 Å². The Hall–Kier alpha value is -3.09. The number of anilines is 1. The average molecular weight is 368 g/mol. The van der Waals surface area contributed by atoms with Crippen LogP contribution >= 0.6 is 0 Å². The van der Waals surface area contributed by atoms with Crippen molar-refractivity contribution >= 4 is 17.6 Å². The number of urea groups is 1. The van der Waals surface area contributed by atoms with Crippen molar-refractivity contribution in [3.63, 3.8) is 0 Å². The quantitative estimate of drug-likeness (QED) is 0.904. The minimum Gasteiger partial charge on any atom is -0.497 e. The molecule has 3 rings (SSSR count). The second-order valence-corrected chi connectivity index (χ2v) is 6.53. The van der Waals surface area contributed by atoms with Gasteiger partial charge in [0.2, 0.25) is 0 Å². The highest BCUT2D eigenvalue weighted by molar-refractivity contribution is 5.95. The number of nitrogens with zero attached hydrogens (tertiary/aromatic N) is 3. The van der Waals surface area contributed by atoms with Crippen molar-refractivity contribution in [3.8, 4) is 5.75 Å². The Morgan fingerprint density at radius 3 is 2.41 bits per heavy atom. The Bertz CT molecular complexity index is 845. The van der Waals surface area contributed by atoms with Crippen molar-refractivity contribution < 1.29 is 14.3 Å². The Kier molecular flexibility index (Phi) is 5.59. The number of aryl methyl sites for hydroxylation is 2. The zero-order chi connectivity index (χ0) is 19.4. The van der Waals surface area contributed by atoms with Crippen LogP contribution in [-0.4, -0.2) is 60.0 Å². The van der Waals surface area contributed by atoms with Crippen LogP contribution in [0.25, 0.3) is 0 Å². The standard InChI is InChI=1S/C20H24N4O3/c1-14-7-8-18(15(2)21-14)22-20(26)24-11-9-23(10-12-24)19(25)16-5-4-6-17(13-16)27-3/h4-8,13H,9-12H2,1-3H3,(H,22,26). The molecule has 1 fully saturated rings. The fourth-order valence-corrected chi connectivity index (χ4v) is 3.06. The third-order valence-electron chi connectivity index (χ3n) is 4.64. The van der Waals surface area contributed by atoms with E-state index in [0.29, 0.717) is 43.2 Å². The molecule has 0 saturated carbocycles. The monoisotopic (exact) mass is 368 g/mol. The molecule has 142 valence electrons.